The van der Waals surface area contributed by atoms with Crippen LogP contribution in [0.5, 0.6) is 0 Å². The van der Waals surface area contributed by atoms with Gasteiger partial charge in [0.25, 0.3) is 5.91 Å². The van der Waals surface area contributed by atoms with E-state index in [9.17, 15) is 18.4 Å². The van der Waals surface area contributed by atoms with Gasteiger partial charge >= 0.3 is 0 Å². The highest BCUT2D eigenvalue weighted by Gasteiger charge is 2.14. The summed E-state index contributed by atoms with van der Waals surface area (Å²) in [7, 11) is 0. The number of hydrogen-bond acceptors (Lipinski definition) is 2. The van der Waals surface area contributed by atoms with Gasteiger partial charge in [-0.1, -0.05) is 15.9 Å². The highest BCUT2D eigenvalue weighted by molar-refractivity contribution is 9.10. The van der Waals surface area contributed by atoms with Gasteiger partial charge < -0.3 is 11.1 Å². The summed E-state index contributed by atoms with van der Waals surface area (Å²) in [6, 6.07) is 5.93. The van der Waals surface area contributed by atoms with E-state index in [1.54, 1.807) is 0 Å². The predicted octanol–water partition coefficient (Wildman–Crippen LogP) is 3.39. The second kappa shape index (κ2) is 6.23. The number of nitrogens with two attached hydrogens (primary N) is 1. The molecule has 0 atom stereocenters. The molecule has 2 aromatic rings. The van der Waals surface area contributed by atoms with E-state index >= 15 is 0 Å². The zero-order valence-electron chi connectivity index (χ0n) is 11.4. The Kier molecular flexibility index (Phi) is 4.56. The third kappa shape index (κ3) is 3.48. The summed E-state index contributed by atoms with van der Waals surface area (Å²) < 4.78 is 27.5. The second-order valence-electron chi connectivity index (χ2n) is 4.61. The second-order valence-corrected chi connectivity index (χ2v) is 5.52. The smallest absolute Gasteiger partial charge is 0.255 e. The average Bonchev–Trinajstić information content (AvgIpc) is 2.42. The third-order valence-corrected chi connectivity index (χ3v) is 3.46. The van der Waals surface area contributed by atoms with Gasteiger partial charge in [-0.25, -0.2) is 8.78 Å². The number of carbonyl (C=O) groups is 2. The van der Waals surface area contributed by atoms with Crippen molar-refractivity contribution in [1.29, 1.82) is 0 Å². The van der Waals surface area contributed by atoms with Crippen molar-refractivity contribution in [2.45, 2.75) is 6.92 Å². The van der Waals surface area contributed by atoms with Crippen molar-refractivity contribution in [3.63, 3.8) is 0 Å². The fourth-order valence-electron chi connectivity index (χ4n) is 1.83. The molecule has 4 nitrogen and oxygen atoms in total. The Morgan fingerprint density at radius 2 is 1.77 bits per heavy atom. The van der Waals surface area contributed by atoms with Crippen LogP contribution in [-0.4, -0.2) is 11.8 Å². The third-order valence-electron chi connectivity index (χ3n) is 3.00. The molecule has 0 aliphatic rings. The maximum Gasteiger partial charge on any atom is 0.255 e. The molecule has 0 fully saturated rings. The Balaban J connectivity index is 2.37. The molecular formula is C15H11BrF2N2O2. The summed E-state index contributed by atoms with van der Waals surface area (Å²) >= 11 is 3.08. The first kappa shape index (κ1) is 16.1. The summed E-state index contributed by atoms with van der Waals surface area (Å²) in [5.41, 5.74) is 5.33. The number of benzene rings is 2. The molecule has 2 aromatic carbocycles. The zero-order valence-corrected chi connectivity index (χ0v) is 13.0. The highest BCUT2D eigenvalue weighted by Crippen LogP contribution is 2.22. The van der Waals surface area contributed by atoms with Crippen LogP contribution in [0, 0.1) is 18.6 Å². The van der Waals surface area contributed by atoms with Gasteiger partial charge in [0.2, 0.25) is 5.91 Å². The first-order chi connectivity index (χ1) is 10.3. The van der Waals surface area contributed by atoms with Crippen molar-refractivity contribution in [2.24, 2.45) is 5.73 Å². The van der Waals surface area contributed by atoms with Gasteiger partial charge in [0, 0.05) is 26.9 Å². The normalized spacial score (nSPS) is 10.4. The fourth-order valence-corrected chi connectivity index (χ4v) is 2.30. The molecule has 0 aliphatic carbocycles. The molecule has 114 valence electrons. The zero-order chi connectivity index (χ0) is 16.4. The average molecular weight is 369 g/mol. The van der Waals surface area contributed by atoms with Crippen LogP contribution in [0.3, 0.4) is 0 Å². The fraction of sp³-hybridized carbons (Fsp3) is 0.0667. The summed E-state index contributed by atoms with van der Waals surface area (Å²) in [4.78, 5) is 23.3. The number of nitrogens with one attached hydrogen (secondary N) is 1. The molecule has 0 unspecified atom stereocenters. The molecule has 7 heteroatoms. The van der Waals surface area contributed by atoms with Crippen molar-refractivity contribution < 1.29 is 18.4 Å². The highest BCUT2D eigenvalue weighted by atomic mass is 79.9. The number of carbonyl (C=O) groups excluding carboxylic acids is 2. The molecule has 0 aromatic heterocycles. The summed E-state index contributed by atoms with van der Waals surface area (Å²) in [5.74, 6) is -2.72. The van der Waals surface area contributed by atoms with Crippen LogP contribution in [0.2, 0.25) is 0 Å². The monoisotopic (exact) mass is 368 g/mol. The number of primary amides is 1. The van der Waals surface area contributed by atoms with Gasteiger partial charge in [0.05, 0.1) is 0 Å². The first-order valence-electron chi connectivity index (χ1n) is 6.15. The van der Waals surface area contributed by atoms with Gasteiger partial charge in [-0.3, -0.25) is 9.59 Å². The van der Waals surface area contributed by atoms with Crippen molar-refractivity contribution in [1.82, 2.24) is 0 Å². The Bertz CT molecular complexity index is 758. The van der Waals surface area contributed by atoms with Gasteiger partial charge in [0.15, 0.2) is 0 Å². The molecule has 22 heavy (non-hydrogen) atoms. The first-order valence-corrected chi connectivity index (χ1v) is 6.94. The molecule has 2 amide bonds. The Morgan fingerprint density at radius 1 is 1.09 bits per heavy atom. The van der Waals surface area contributed by atoms with E-state index in [4.69, 9.17) is 5.73 Å². The lowest BCUT2D eigenvalue weighted by Gasteiger charge is -2.11. The number of halogens is 3. The van der Waals surface area contributed by atoms with Crippen LogP contribution in [0.25, 0.3) is 0 Å². The standard InChI is InChI=1S/C15H11BrF2N2O2/c1-7-12(18)4-8(14(19)21)5-13(7)20-15(22)9-2-10(16)6-11(17)3-9/h2-6H,1H3,(H2,19,21)(H,20,22). The molecule has 0 saturated carbocycles. The lowest BCUT2D eigenvalue weighted by atomic mass is 10.1. The molecule has 0 spiro atoms. The van der Waals surface area contributed by atoms with E-state index in [1.807, 2.05) is 0 Å². The van der Waals surface area contributed by atoms with Crippen LogP contribution >= 0.6 is 15.9 Å². The van der Waals surface area contributed by atoms with Gasteiger partial charge in [-0.2, -0.15) is 0 Å². The van der Waals surface area contributed by atoms with Crippen molar-refractivity contribution in [3.8, 4) is 0 Å². The Morgan fingerprint density at radius 3 is 2.36 bits per heavy atom. The van der Waals surface area contributed by atoms with Crippen molar-refractivity contribution >= 4 is 33.4 Å². The minimum atomic E-state index is -0.817. The number of rotatable bonds is 3. The lowest BCUT2D eigenvalue weighted by molar-refractivity contribution is 0.0995. The molecule has 0 heterocycles. The number of amides is 2. The van der Waals surface area contributed by atoms with E-state index in [0.717, 1.165) is 12.1 Å². The molecule has 2 rings (SSSR count). The van der Waals surface area contributed by atoms with Crippen LogP contribution in [0.15, 0.2) is 34.8 Å². The largest absolute Gasteiger partial charge is 0.366 e. The quantitative estimate of drug-likeness (QED) is 0.871. The van der Waals surface area contributed by atoms with E-state index in [2.05, 4.69) is 21.2 Å². The van der Waals surface area contributed by atoms with E-state index < -0.39 is 23.4 Å². The van der Waals surface area contributed by atoms with Crippen LogP contribution in [-0.2, 0) is 0 Å². The summed E-state index contributed by atoms with van der Waals surface area (Å²) in [6.07, 6.45) is 0. The summed E-state index contributed by atoms with van der Waals surface area (Å²) in [6.45, 7) is 1.44. The molecule has 0 bridgehead atoms. The SMILES string of the molecule is Cc1c(F)cc(C(N)=O)cc1NC(=O)c1cc(F)cc(Br)c1. The van der Waals surface area contributed by atoms with Crippen LogP contribution in [0.1, 0.15) is 26.3 Å². The minimum Gasteiger partial charge on any atom is -0.366 e. The van der Waals surface area contributed by atoms with Gasteiger partial charge in [-0.05, 0) is 37.3 Å². The number of anilines is 1. The van der Waals surface area contributed by atoms with E-state index in [1.165, 1.54) is 25.1 Å². The maximum absolute atomic E-state index is 13.8. The topological polar surface area (TPSA) is 72.2 Å². The molecule has 0 saturated heterocycles. The van der Waals surface area contributed by atoms with E-state index in [0.29, 0.717) is 4.47 Å². The van der Waals surface area contributed by atoms with Gasteiger partial charge in [-0.15, -0.1) is 0 Å². The summed E-state index contributed by atoms with van der Waals surface area (Å²) in [5, 5.41) is 2.44. The Labute approximate surface area is 133 Å². The molecule has 3 N–H and O–H groups in total. The van der Waals surface area contributed by atoms with Crippen LogP contribution < -0.4 is 11.1 Å². The minimum absolute atomic E-state index is 0.0520. The lowest BCUT2D eigenvalue weighted by Crippen LogP contribution is -2.16. The van der Waals surface area contributed by atoms with Crippen LogP contribution in [0.4, 0.5) is 14.5 Å². The molecule has 0 aliphatic heterocycles. The molecule has 0 radical (unpaired) electrons. The van der Waals surface area contributed by atoms with Crippen molar-refractivity contribution in [2.75, 3.05) is 5.32 Å². The van der Waals surface area contributed by atoms with E-state index in [-0.39, 0.29) is 22.4 Å². The maximum atomic E-state index is 13.8. The predicted molar refractivity (Wildman–Crippen MR) is 81.7 cm³/mol. The molecular weight excluding hydrogens is 358 g/mol. The Hall–Kier alpha value is -2.28. The van der Waals surface area contributed by atoms with Crippen molar-refractivity contribution in [3.05, 3.63) is 63.1 Å². The number of hydrogen-bond donors (Lipinski definition) is 2. The van der Waals surface area contributed by atoms with Gasteiger partial charge in [0.1, 0.15) is 11.6 Å².